The summed E-state index contributed by atoms with van der Waals surface area (Å²) >= 11 is 0. The van der Waals surface area contributed by atoms with E-state index in [-0.39, 0.29) is 6.10 Å². The van der Waals surface area contributed by atoms with E-state index in [1.54, 1.807) is 0 Å². The van der Waals surface area contributed by atoms with Gasteiger partial charge in [0.15, 0.2) is 0 Å². The summed E-state index contributed by atoms with van der Waals surface area (Å²) in [4.78, 5) is 4.56. The van der Waals surface area contributed by atoms with Crippen LogP contribution in [0.3, 0.4) is 0 Å². The number of aliphatic hydroxyl groups excluding tert-OH is 1. The van der Waals surface area contributed by atoms with E-state index in [2.05, 4.69) is 70.7 Å². The number of hydrogen-bond donors (Lipinski definition) is 2. The van der Waals surface area contributed by atoms with Gasteiger partial charge in [-0.05, 0) is 48.1 Å². The molecule has 2 N–H and O–H groups in total. The normalized spacial score (nSPS) is 18.6. The smallest absolute Gasteiger partial charge is 0.0841 e. The fourth-order valence-electron chi connectivity index (χ4n) is 4.78. The number of fused-ring (bicyclic) bond motifs is 1. The van der Waals surface area contributed by atoms with E-state index in [0.717, 1.165) is 32.6 Å². The summed E-state index contributed by atoms with van der Waals surface area (Å²) in [6, 6.07) is 18.1. The van der Waals surface area contributed by atoms with Crippen molar-refractivity contribution in [3.8, 4) is 0 Å². The van der Waals surface area contributed by atoms with Gasteiger partial charge in [-0.1, -0.05) is 49.2 Å². The van der Waals surface area contributed by atoms with E-state index < -0.39 is 0 Å². The molecule has 1 fully saturated rings. The van der Waals surface area contributed by atoms with Crippen molar-refractivity contribution >= 4 is 5.69 Å². The molecule has 1 unspecified atom stereocenters. The molecule has 0 aromatic heterocycles. The Balaban J connectivity index is 1.27. The van der Waals surface area contributed by atoms with Crippen molar-refractivity contribution in [2.45, 2.75) is 57.3 Å². The number of aliphatic hydroxyl groups is 1. The second-order valence-corrected chi connectivity index (χ2v) is 8.82. The summed E-state index contributed by atoms with van der Waals surface area (Å²) in [6.45, 7) is 4.28. The molecule has 29 heavy (non-hydrogen) atoms. The summed E-state index contributed by atoms with van der Waals surface area (Å²) in [5, 5.41) is 14.4. The lowest BCUT2D eigenvalue weighted by atomic mass is 10.00. The van der Waals surface area contributed by atoms with Gasteiger partial charge in [-0.25, -0.2) is 0 Å². The molecule has 156 valence electrons. The van der Waals surface area contributed by atoms with E-state index in [9.17, 15) is 5.11 Å². The summed E-state index contributed by atoms with van der Waals surface area (Å²) in [5.74, 6) is 0. The van der Waals surface area contributed by atoms with Gasteiger partial charge in [-0.15, -0.1) is 0 Å². The molecular formula is C25H35N3O. The van der Waals surface area contributed by atoms with Gasteiger partial charge in [0.05, 0.1) is 6.10 Å². The second-order valence-electron chi connectivity index (χ2n) is 8.82. The summed E-state index contributed by atoms with van der Waals surface area (Å²) in [5.41, 5.74) is 5.36. The van der Waals surface area contributed by atoms with Crippen LogP contribution in [0.25, 0.3) is 0 Å². The lowest BCUT2D eigenvalue weighted by Crippen LogP contribution is -2.41. The highest BCUT2D eigenvalue weighted by Gasteiger charge is 2.19. The number of nitrogens with zero attached hydrogens (tertiary/aromatic N) is 2. The van der Waals surface area contributed by atoms with E-state index in [4.69, 9.17) is 0 Å². The van der Waals surface area contributed by atoms with Crippen LogP contribution in [0, 0.1) is 0 Å². The number of nitrogens with one attached hydrogen (secondary N) is 1. The van der Waals surface area contributed by atoms with Gasteiger partial charge in [-0.3, -0.25) is 4.90 Å². The number of hydrogen-bond acceptors (Lipinski definition) is 4. The first kappa shape index (κ1) is 20.4. The molecule has 0 spiro atoms. The quantitative estimate of drug-likeness (QED) is 0.719. The van der Waals surface area contributed by atoms with Crippen molar-refractivity contribution in [3.05, 3.63) is 65.2 Å². The van der Waals surface area contributed by atoms with E-state index >= 15 is 0 Å². The molecule has 1 heterocycles. The first-order valence-corrected chi connectivity index (χ1v) is 11.2. The number of rotatable bonds is 8. The molecule has 1 aliphatic carbocycles. The maximum Gasteiger partial charge on any atom is 0.0841 e. The summed E-state index contributed by atoms with van der Waals surface area (Å²) < 4.78 is 0. The zero-order valence-corrected chi connectivity index (χ0v) is 17.7. The third-order valence-electron chi connectivity index (χ3n) is 6.46. The van der Waals surface area contributed by atoms with Crippen LogP contribution in [0.4, 0.5) is 5.69 Å². The maximum atomic E-state index is 10.7. The zero-order valence-electron chi connectivity index (χ0n) is 17.7. The van der Waals surface area contributed by atoms with Gasteiger partial charge < -0.3 is 15.3 Å². The Morgan fingerprint density at radius 1 is 1.10 bits per heavy atom. The Morgan fingerprint density at radius 2 is 1.90 bits per heavy atom. The molecule has 1 aliphatic heterocycles. The van der Waals surface area contributed by atoms with Crippen LogP contribution in [-0.4, -0.2) is 48.8 Å². The maximum absolute atomic E-state index is 10.7. The van der Waals surface area contributed by atoms with Gasteiger partial charge in [0.25, 0.3) is 0 Å². The van der Waals surface area contributed by atoms with Crippen LogP contribution in [0.5, 0.6) is 0 Å². The SMILES string of the molecule is CN(CC(O)CN1CCc2ccccc2C1)c1cccc(CNC2CCCC2)c1. The molecule has 0 radical (unpaired) electrons. The van der Waals surface area contributed by atoms with Crippen molar-refractivity contribution < 1.29 is 5.11 Å². The Hall–Kier alpha value is -1.88. The summed E-state index contributed by atoms with van der Waals surface area (Å²) in [7, 11) is 2.08. The first-order chi connectivity index (χ1) is 14.2. The standard InChI is InChI=1S/C25H35N3O/c1-27(24-12-6-7-20(15-24)16-26-23-10-4-5-11-23)18-25(29)19-28-14-13-21-8-2-3-9-22(21)17-28/h2-3,6-9,12,15,23,25-26,29H,4-5,10-11,13-14,16-19H2,1H3. The van der Waals surface area contributed by atoms with Crippen LogP contribution in [0.15, 0.2) is 48.5 Å². The molecule has 1 atom stereocenters. The minimum atomic E-state index is -0.356. The highest BCUT2D eigenvalue weighted by molar-refractivity contribution is 5.48. The van der Waals surface area contributed by atoms with Gasteiger partial charge in [0, 0.05) is 51.5 Å². The molecule has 4 heteroatoms. The third kappa shape index (κ3) is 5.59. The fraction of sp³-hybridized carbons (Fsp3) is 0.520. The Morgan fingerprint density at radius 3 is 2.72 bits per heavy atom. The second kappa shape index (κ2) is 9.75. The number of benzene rings is 2. The number of likely N-dealkylation sites (N-methyl/N-ethyl adjacent to an activating group) is 1. The number of β-amino-alcohol motifs (C(OH)–C–C–N with tert-alkyl or cyclic N) is 1. The average molecular weight is 394 g/mol. The largest absolute Gasteiger partial charge is 0.390 e. The molecule has 0 amide bonds. The Bertz CT molecular complexity index is 787. The van der Waals surface area contributed by atoms with Crippen LogP contribution in [0.1, 0.15) is 42.4 Å². The molecule has 2 aromatic rings. The van der Waals surface area contributed by atoms with Crippen molar-refractivity contribution in [1.82, 2.24) is 10.2 Å². The van der Waals surface area contributed by atoms with Gasteiger partial charge in [-0.2, -0.15) is 0 Å². The lowest BCUT2D eigenvalue weighted by molar-refractivity contribution is 0.110. The van der Waals surface area contributed by atoms with Crippen LogP contribution < -0.4 is 10.2 Å². The van der Waals surface area contributed by atoms with Gasteiger partial charge >= 0.3 is 0 Å². The minimum absolute atomic E-state index is 0.356. The molecule has 4 rings (SSSR count). The van der Waals surface area contributed by atoms with Crippen molar-refractivity contribution in [2.75, 3.05) is 31.6 Å². The van der Waals surface area contributed by atoms with E-state index in [1.807, 2.05) is 0 Å². The van der Waals surface area contributed by atoms with Gasteiger partial charge in [0.1, 0.15) is 0 Å². The third-order valence-corrected chi connectivity index (χ3v) is 6.46. The van der Waals surface area contributed by atoms with Crippen molar-refractivity contribution in [3.63, 3.8) is 0 Å². The monoisotopic (exact) mass is 393 g/mol. The van der Waals surface area contributed by atoms with Gasteiger partial charge in [0.2, 0.25) is 0 Å². The molecule has 1 saturated carbocycles. The van der Waals surface area contributed by atoms with E-state index in [1.165, 1.54) is 48.1 Å². The summed E-state index contributed by atoms with van der Waals surface area (Å²) in [6.07, 6.45) is 6.07. The molecule has 4 nitrogen and oxygen atoms in total. The number of anilines is 1. The average Bonchev–Trinajstić information content (AvgIpc) is 3.26. The Kier molecular flexibility index (Phi) is 6.86. The highest BCUT2D eigenvalue weighted by atomic mass is 16.3. The minimum Gasteiger partial charge on any atom is -0.390 e. The first-order valence-electron chi connectivity index (χ1n) is 11.2. The highest BCUT2D eigenvalue weighted by Crippen LogP contribution is 2.21. The molecule has 0 saturated heterocycles. The molecular weight excluding hydrogens is 358 g/mol. The fourth-order valence-corrected chi connectivity index (χ4v) is 4.78. The van der Waals surface area contributed by atoms with Crippen LogP contribution in [0.2, 0.25) is 0 Å². The predicted molar refractivity (Wildman–Crippen MR) is 120 cm³/mol. The van der Waals surface area contributed by atoms with Crippen molar-refractivity contribution in [1.29, 1.82) is 0 Å². The molecule has 0 bridgehead atoms. The lowest BCUT2D eigenvalue weighted by Gasteiger charge is -2.32. The Labute approximate surface area is 175 Å². The topological polar surface area (TPSA) is 38.7 Å². The van der Waals surface area contributed by atoms with Crippen LogP contribution >= 0.6 is 0 Å². The van der Waals surface area contributed by atoms with E-state index in [0.29, 0.717) is 12.6 Å². The molecule has 2 aromatic carbocycles. The molecule has 2 aliphatic rings. The zero-order chi connectivity index (χ0) is 20.1. The van der Waals surface area contributed by atoms with Crippen LogP contribution in [-0.2, 0) is 19.5 Å². The van der Waals surface area contributed by atoms with Crippen molar-refractivity contribution in [2.24, 2.45) is 0 Å². The predicted octanol–water partition coefficient (Wildman–Crippen LogP) is 3.57.